The van der Waals surface area contributed by atoms with Crippen molar-refractivity contribution >= 4 is 22.7 Å². The fraction of sp³-hybridized carbons (Fsp3) is 0.176. The number of nitrogens with zero attached hydrogens (tertiary/aromatic N) is 3. The van der Waals surface area contributed by atoms with Crippen LogP contribution in [0.5, 0.6) is 0 Å². The number of halogens is 3. The predicted octanol–water partition coefficient (Wildman–Crippen LogP) is 2.96. The SMILES string of the molecule is O=C(O)Cn1cc2cc(CC(=O)c3cccc(C(F)(F)F)n3)ccc2n1. The Morgan fingerprint density at radius 3 is 2.62 bits per heavy atom. The first-order chi connectivity index (χ1) is 12.2. The average Bonchev–Trinajstić information content (AvgIpc) is 2.94. The molecule has 0 aliphatic carbocycles. The third-order valence-electron chi connectivity index (χ3n) is 3.60. The Morgan fingerprint density at radius 1 is 1.15 bits per heavy atom. The molecule has 1 N–H and O–H groups in total. The molecule has 3 aromatic rings. The van der Waals surface area contributed by atoms with Crippen LogP contribution < -0.4 is 0 Å². The summed E-state index contributed by atoms with van der Waals surface area (Å²) < 4.78 is 39.4. The van der Waals surface area contributed by atoms with Crippen LogP contribution in [0.2, 0.25) is 0 Å². The van der Waals surface area contributed by atoms with E-state index in [1.54, 1.807) is 18.2 Å². The lowest BCUT2D eigenvalue weighted by Gasteiger charge is -2.07. The summed E-state index contributed by atoms with van der Waals surface area (Å²) in [6, 6.07) is 8.07. The summed E-state index contributed by atoms with van der Waals surface area (Å²) in [7, 11) is 0. The summed E-state index contributed by atoms with van der Waals surface area (Å²) in [5.74, 6) is -1.59. The molecule has 0 fully saturated rings. The lowest BCUT2D eigenvalue weighted by Crippen LogP contribution is -2.13. The van der Waals surface area contributed by atoms with E-state index in [2.05, 4.69) is 10.1 Å². The van der Waals surface area contributed by atoms with E-state index >= 15 is 0 Å². The topological polar surface area (TPSA) is 85.1 Å². The summed E-state index contributed by atoms with van der Waals surface area (Å²) in [6.07, 6.45) is -3.22. The number of ketones is 1. The van der Waals surface area contributed by atoms with Crippen LogP contribution in [0.15, 0.2) is 42.6 Å². The number of Topliss-reactive ketones (excluding diaryl/α,β-unsaturated/α-hetero) is 1. The van der Waals surface area contributed by atoms with Gasteiger partial charge in [0.1, 0.15) is 17.9 Å². The van der Waals surface area contributed by atoms with Crippen molar-refractivity contribution < 1.29 is 27.9 Å². The summed E-state index contributed by atoms with van der Waals surface area (Å²) in [6.45, 7) is -0.295. The Hall–Kier alpha value is -3.23. The number of carboxylic acid groups (broad SMARTS) is 1. The fourth-order valence-corrected chi connectivity index (χ4v) is 2.48. The molecule has 0 radical (unpaired) electrons. The summed E-state index contributed by atoms with van der Waals surface area (Å²) in [5, 5.41) is 13.5. The number of fused-ring (bicyclic) bond motifs is 1. The smallest absolute Gasteiger partial charge is 0.433 e. The van der Waals surface area contributed by atoms with Crippen molar-refractivity contribution in [2.75, 3.05) is 0 Å². The van der Waals surface area contributed by atoms with Gasteiger partial charge in [-0.05, 0) is 29.8 Å². The number of hydrogen-bond acceptors (Lipinski definition) is 4. The summed E-state index contributed by atoms with van der Waals surface area (Å²) >= 11 is 0. The number of rotatable bonds is 5. The van der Waals surface area contributed by atoms with Crippen molar-refractivity contribution in [3.05, 3.63) is 59.5 Å². The molecule has 0 amide bonds. The number of alkyl halides is 3. The van der Waals surface area contributed by atoms with Crippen molar-refractivity contribution in [3.8, 4) is 0 Å². The van der Waals surface area contributed by atoms with Crippen LogP contribution in [0.4, 0.5) is 13.2 Å². The van der Waals surface area contributed by atoms with Gasteiger partial charge in [0, 0.05) is 18.0 Å². The van der Waals surface area contributed by atoms with Gasteiger partial charge in [-0.3, -0.25) is 14.3 Å². The molecule has 0 aliphatic rings. The molecule has 0 bridgehead atoms. The first-order valence-corrected chi connectivity index (χ1v) is 7.48. The maximum Gasteiger partial charge on any atom is 0.433 e. The molecule has 0 spiro atoms. The number of pyridine rings is 1. The normalized spacial score (nSPS) is 11.7. The highest BCUT2D eigenvalue weighted by Crippen LogP contribution is 2.27. The second-order valence-electron chi connectivity index (χ2n) is 5.62. The number of carbonyl (C=O) groups is 2. The first kappa shape index (κ1) is 17.6. The molecule has 0 saturated carbocycles. The molecular formula is C17H12F3N3O3. The minimum Gasteiger partial charge on any atom is -0.480 e. The monoisotopic (exact) mass is 363 g/mol. The fourth-order valence-electron chi connectivity index (χ4n) is 2.48. The molecular weight excluding hydrogens is 351 g/mol. The highest BCUT2D eigenvalue weighted by Gasteiger charge is 2.32. The van der Waals surface area contributed by atoms with E-state index in [1.807, 2.05) is 0 Å². The van der Waals surface area contributed by atoms with E-state index in [4.69, 9.17) is 5.11 Å². The first-order valence-electron chi connectivity index (χ1n) is 7.48. The quantitative estimate of drug-likeness (QED) is 0.705. The maximum atomic E-state index is 12.7. The van der Waals surface area contributed by atoms with Crippen LogP contribution in [0.3, 0.4) is 0 Å². The van der Waals surface area contributed by atoms with Crippen molar-refractivity contribution in [3.63, 3.8) is 0 Å². The Kier molecular flexibility index (Phi) is 4.45. The lowest BCUT2D eigenvalue weighted by atomic mass is 10.0. The largest absolute Gasteiger partial charge is 0.480 e. The van der Waals surface area contributed by atoms with Crippen LogP contribution in [-0.2, 0) is 23.9 Å². The van der Waals surface area contributed by atoms with E-state index in [0.29, 0.717) is 16.5 Å². The van der Waals surface area contributed by atoms with Gasteiger partial charge in [-0.1, -0.05) is 12.1 Å². The van der Waals surface area contributed by atoms with E-state index in [-0.39, 0.29) is 18.7 Å². The van der Waals surface area contributed by atoms with Gasteiger partial charge in [0.25, 0.3) is 0 Å². The zero-order valence-corrected chi connectivity index (χ0v) is 13.2. The van der Waals surface area contributed by atoms with Crippen LogP contribution in [0.1, 0.15) is 21.7 Å². The molecule has 2 heterocycles. The third kappa shape index (κ3) is 3.88. The minimum atomic E-state index is -4.62. The number of carbonyl (C=O) groups excluding carboxylic acids is 1. The molecule has 3 rings (SSSR count). The Balaban J connectivity index is 1.82. The van der Waals surface area contributed by atoms with Gasteiger partial charge in [-0.25, -0.2) is 4.98 Å². The van der Waals surface area contributed by atoms with Gasteiger partial charge in [0.15, 0.2) is 5.78 Å². The van der Waals surface area contributed by atoms with Crippen molar-refractivity contribution in [1.82, 2.24) is 14.8 Å². The van der Waals surface area contributed by atoms with E-state index in [1.165, 1.54) is 16.9 Å². The van der Waals surface area contributed by atoms with Crippen molar-refractivity contribution in [1.29, 1.82) is 0 Å². The summed E-state index contributed by atoms with van der Waals surface area (Å²) in [4.78, 5) is 26.4. The average molecular weight is 363 g/mol. The molecule has 134 valence electrons. The van der Waals surface area contributed by atoms with Crippen molar-refractivity contribution in [2.45, 2.75) is 19.1 Å². The molecule has 1 aromatic carbocycles. The van der Waals surface area contributed by atoms with Crippen LogP contribution in [0.25, 0.3) is 10.9 Å². The van der Waals surface area contributed by atoms with Gasteiger partial charge >= 0.3 is 12.1 Å². The van der Waals surface area contributed by atoms with Crippen LogP contribution >= 0.6 is 0 Å². The second kappa shape index (κ2) is 6.58. The Morgan fingerprint density at radius 2 is 1.92 bits per heavy atom. The summed E-state index contributed by atoms with van der Waals surface area (Å²) in [5.41, 5.74) is -0.258. The second-order valence-corrected chi connectivity index (χ2v) is 5.62. The van der Waals surface area contributed by atoms with Gasteiger partial charge in [-0.15, -0.1) is 0 Å². The Labute approximate surface area is 144 Å². The van der Waals surface area contributed by atoms with Gasteiger partial charge in [0.2, 0.25) is 0 Å². The Bertz CT molecular complexity index is 996. The zero-order chi connectivity index (χ0) is 18.9. The van der Waals surface area contributed by atoms with Gasteiger partial charge in [0.05, 0.1) is 5.52 Å². The molecule has 0 atom stereocenters. The third-order valence-corrected chi connectivity index (χ3v) is 3.60. The molecule has 9 heteroatoms. The number of carboxylic acids is 1. The number of benzene rings is 1. The van der Waals surface area contributed by atoms with E-state index in [9.17, 15) is 22.8 Å². The molecule has 2 aromatic heterocycles. The maximum absolute atomic E-state index is 12.7. The molecule has 6 nitrogen and oxygen atoms in total. The van der Waals surface area contributed by atoms with Crippen LogP contribution in [-0.4, -0.2) is 31.6 Å². The van der Waals surface area contributed by atoms with Crippen LogP contribution in [0, 0.1) is 0 Å². The lowest BCUT2D eigenvalue weighted by molar-refractivity contribution is -0.141. The van der Waals surface area contributed by atoms with E-state index in [0.717, 1.165) is 12.1 Å². The molecule has 0 saturated heterocycles. The molecule has 0 unspecified atom stereocenters. The predicted molar refractivity (Wildman–Crippen MR) is 84.6 cm³/mol. The minimum absolute atomic E-state index is 0.131. The standard InChI is InChI=1S/C17H12F3N3O3/c18-17(19,20)15-3-1-2-13(21-15)14(24)7-10-4-5-12-11(6-10)8-23(22-12)9-16(25)26/h1-6,8H,7,9H2,(H,25,26). The molecule has 0 aliphatic heterocycles. The zero-order valence-electron chi connectivity index (χ0n) is 13.2. The van der Waals surface area contributed by atoms with Crippen molar-refractivity contribution in [2.24, 2.45) is 0 Å². The van der Waals surface area contributed by atoms with Gasteiger partial charge < -0.3 is 5.11 Å². The number of aliphatic carboxylic acids is 1. The highest BCUT2D eigenvalue weighted by molar-refractivity contribution is 5.96. The van der Waals surface area contributed by atoms with Gasteiger partial charge in [-0.2, -0.15) is 18.3 Å². The number of hydrogen-bond donors (Lipinski definition) is 1. The molecule has 26 heavy (non-hydrogen) atoms. The number of aromatic nitrogens is 3. The van der Waals surface area contributed by atoms with E-state index < -0.39 is 23.6 Å². The highest BCUT2D eigenvalue weighted by atomic mass is 19.4.